The third kappa shape index (κ3) is 2.92. The maximum absolute atomic E-state index is 11.2. The monoisotopic (exact) mass is 292 g/mol. The maximum atomic E-state index is 11.2. The molecule has 1 heterocycles. The first-order chi connectivity index (χ1) is 9.49. The lowest BCUT2D eigenvalue weighted by Crippen LogP contribution is -1.98. The van der Waals surface area contributed by atoms with Gasteiger partial charge in [0.15, 0.2) is 16.7 Å². The highest BCUT2D eigenvalue weighted by atomic mass is 35.5. The minimum atomic E-state index is -0.619. The molecule has 0 aliphatic carbocycles. The van der Waals surface area contributed by atoms with Crippen molar-refractivity contribution in [3.05, 3.63) is 57.4 Å². The molecule has 0 atom stereocenters. The van der Waals surface area contributed by atoms with Gasteiger partial charge in [-0.2, -0.15) is 0 Å². The van der Waals surface area contributed by atoms with Gasteiger partial charge in [0.2, 0.25) is 5.75 Å². The molecule has 0 fully saturated rings. The summed E-state index contributed by atoms with van der Waals surface area (Å²) in [5, 5.41) is 11.1. The Balaban J connectivity index is 2.44. The van der Waals surface area contributed by atoms with E-state index in [1.807, 2.05) is 0 Å². The van der Waals surface area contributed by atoms with E-state index in [0.717, 1.165) is 0 Å². The van der Waals surface area contributed by atoms with Gasteiger partial charge in [-0.3, -0.25) is 14.9 Å². The number of hydrogen-bond donors (Lipinski definition) is 0. The van der Waals surface area contributed by atoms with Gasteiger partial charge < -0.3 is 4.74 Å². The van der Waals surface area contributed by atoms with Crippen molar-refractivity contribution in [1.29, 1.82) is 0 Å². The quantitative estimate of drug-likeness (QED) is 0.372. The van der Waals surface area contributed by atoms with Gasteiger partial charge in [0.25, 0.3) is 0 Å². The van der Waals surface area contributed by atoms with Gasteiger partial charge in [-0.25, -0.2) is 4.98 Å². The predicted molar refractivity (Wildman–Crippen MR) is 72.4 cm³/mol. The number of ether oxygens (including phenoxy) is 1. The molecule has 0 N–H and O–H groups in total. The Labute approximate surface area is 119 Å². The van der Waals surface area contributed by atoms with Gasteiger partial charge in [-0.05, 0) is 31.2 Å². The van der Waals surface area contributed by atoms with Crippen molar-refractivity contribution in [3.8, 4) is 11.5 Å². The van der Waals surface area contributed by atoms with Crippen LogP contribution in [-0.2, 0) is 0 Å². The fourth-order valence-electron chi connectivity index (χ4n) is 1.53. The molecule has 2 rings (SSSR count). The smallest absolute Gasteiger partial charge is 0.312 e. The SMILES string of the molecule is CC(=O)c1ccc(Oc2cccnc2Cl)c([N+](=O)[O-])c1. The molecule has 2 aromatic rings. The Kier molecular flexibility index (Phi) is 3.95. The lowest BCUT2D eigenvalue weighted by Gasteiger charge is -2.07. The molecule has 102 valence electrons. The number of nitrogens with zero attached hydrogens (tertiary/aromatic N) is 2. The fourth-order valence-corrected chi connectivity index (χ4v) is 1.69. The first-order valence-electron chi connectivity index (χ1n) is 5.57. The number of carbonyl (C=O) groups is 1. The largest absolute Gasteiger partial charge is 0.447 e. The molecule has 0 spiro atoms. The van der Waals surface area contributed by atoms with Gasteiger partial charge in [0.1, 0.15) is 0 Å². The summed E-state index contributed by atoms with van der Waals surface area (Å²) in [6, 6.07) is 7.12. The van der Waals surface area contributed by atoms with Gasteiger partial charge in [-0.15, -0.1) is 0 Å². The summed E-state index contributed by atoms with van der Waals surface area (Å²) in [6.45, 7) is 1.33. The van der Waals surface area contributed by atoms with E-state index in [0.29, 0.717) is 0 Å². The molecule has 6 nitrogen and oxygen atoms in total. The number of benzene rings is 1. The Morgan fingerprint density at radius 2 is 2.10 bits per heavy atom. The number of hydrogen-bond acceptors (Lipinski definition) is 5. The maximum Gasteiger partial charge on any atom is 0.312 e. The molecule has 7 heteroatoms. The van der Waals surface area contributed by atoms with Crippen LogP contribution in [0.1, 0.15) is 17.3 Å². The molecular weight excluding hydrogens is 284 g/mol. The molecule has 0 aliphatic heterocycles. The summed E-state index contributed by atoms with van der Waals surface area (Å²) in [5.41, 5.74) is -0.0704. The second kappa shape index (κ2) is 5.66. The third-order valence-corrected chi connectivity index (χ3v) is 2.79. The van der Waals surface area contributed by atoms with Crippen molar-refractivity contribution in [2.45, 2.75) is 6.92 Å². The van der Waals surface area contributed by atoms with Gasteiger partial charge in [0, 0.05) is 17.8 Å². The molecule has 20 heavy (non-hydrogen) atoms. The van der Waals surface area contributed by atoms with Crippen LogP contribution in [0.3, 0.4) is 0 Å². The van der Waals surface area contributed by atoms with Crippen LogP contribution in [0.2, 0.25) is 5.15 Å². The molecule has 0 amide bonds. The summed E-state index contributed by atoms with van der Waals surface area (Å²) in [4.78, 5) is 25.5. The van der Waals surface area contributed by atoms with Crippen LogP contribution in [0, 0.1) is 10.1 Å². The number of aromatic nitrogens is 1. The number of nitro benzene ring substituents is 1. The van der Waals surface area contributed by atoms with E-state index < -0.39 is 4.92 Å². The number of nitro groups is 1. The van der Waals surface area contributed by atoms with Gasteiger partial charge >= 0.3 is 5.69 Å². The Bertz CT molecular complexity index is 688. The third-order valence-electron chi connectivity index (χ3n) is 2.51. The highest BCUT2D eigenvalue weighted by molar-refractivity contribution is 6.30. The van der Waals surface area contributed by atoms with Crippen molar-refractivity contribution in [2.75, 3.05) is 0 Å². The number of rotatable bonds is 4. The van der Waals surface area contributed by atoms with Crippen molar-refractivity contribution in [2.24, 2.45) is 0 Å². The van der Waals surface area contributed by atoms with E-state index in [-0.39, 0.29) is 33.7 Å². The zero-order valence-electron chi connectivity index (χ0n) is 10.4. The molecule has 0 saturated heterocycles. The summed E-state index contributed by atoms with van der Waals surface area (Å²) in [5.74, 6) is -0.0678. The average Bonchev–Trinajstić information content (AvgIpc) is 2.41. The Morgan fingerprint density at radius 1 is 1.35 bits per heavy atom. The van der Waals surface area contributed by atoms with Crippen LogP contribution in [-0.4, -0.2) is 15.7 Å². The van der Waals surface area contributed by atoms with E-state index in [1.165, 1.54) is 37.4 Å². The fraction of sp³-hybridized carbons (Fsp3) is 0.0769. The van der Waals surface area contributed by atoms with Crippen LogP contribution >= 0.6 is 11.6 Å². The van der Waals surface area contributed by atoms with E-state index in [4.69, 9.17) is 16.3 Å². The molecule has 0 unspecified atom stereocenters. The second-order valence-electron chi connectivity index (χ2n) is 3.89. The normalized spacial score (nSPS) is 10.1. The summed E-state index contributed by atoms with van der Waals surface area (Å²) in [6.07, 6.45) is 1.47. The van der Waals surface area contributed by atoms with E-state index in [1.54, 1.807) is 6.07 Å². The van der Waals surface area contributed by atoms with Gasteiger partial charge in [-0.1, -0.05) is 11.6 Å². The molecule has 0 aliphatic rings. The number of pyridine rings is 1. The molecule has 0 saturated carbocycles. The van der Waals surface area contributed by atoms with Crippen LogP contribution < -0.4 is 4.74 Å². The zero-order chi connectivity index (χ0) is 14.7. The van der Waals surface area contributed by atoms with E-state index >= 15 is 0 Å². The standard InChI is InChI=1S/C13H9ClN2O4/c1-8(17)9-4-5-11(10(7-9)16(18)19)20-12-3-2-6-15-13(12)14/h2-7H,1H3. The first kappa shape index (κ1) is 14.0. The van der Waals surface area contributed by atoms with Gasteiger partial charge in [0.05, 0.1) is 4.92 Å². The van der Waals surface area contributed by atoms with Crippen LogP contribution in [0.25, 0.3) is 0 Å². The molecular formula is C13H9ClN2O4. The van der Waals surface area contributed by atoms with Crippen LogP contribution in [0.15, 0.2) is 36.5 Å². The van der Waals surface area contributed by atoms with E-state index in [2.05, 4.69) is 4.98 Å². The number of carbonyl (C=O) groups excluding carboxylic acids is 1. The number of halogens is 1. The Hall–Kier alpha value is -2.47. The zero-order valence-corrected chi connectivity index (χ0v) is 11.1. The van der Waals surface area contributed by atoms with E-state index in [9.17, 15) is 14.9 Å². The topological polar surface area (TPSA) is 82.3 Å². The Morgan fingerprint density at radius 3 is 2.70 bits per heavy atom. The molecule has 1 aromatic heterocycles. The number of ketones is 1. The van der Waals surface area contributed by atoms with Crippen molar-refractivity contribution < 1.29 is 14.5 Å². The highest BCUT2D eigenvalue weighted by Gasteiger charge is 2.19. The highest BCUT2D eigenvalue weighted by Crippen LogP contribution is 2.34. The lowest BCUT2D eigenvalue weighted by molar-refractivity contribution is -0.385. The van der Waals surface area contributed by atoms with Crippen molar-refractivity contribution >= 4 is 23.1 Å². The molecule has 1 aromatic carbocycles. The number of Topliss-reactive ketones (excluding diaryl/α,β-unsaturated/α-hetero) is 1. The first-order valence-corrected chi connectivity index (χ1v) is 5.94. The predicted octanol–water partition coefficient (Wildman–Crippen LogP) is 3.64. The second-order valence-corrected chi connectivity index (χ2v) is 4.25. The average molecular weight is 293 g/mol. The van der Waals surface area contributed by atoms with Crippen LogP contribution in [0.5, 0.6) is 11.5 Å². The molecule has 0 radical (unpaired) electrons. The summed E-state index contributed by atoms with van der Waals surface area (Å²) < 4.78 is 5.39. The molecule has 0 bridgehead atoms. The van der Waals surface area contributed by atoms with Crippen LogP contribution in [0.4, 0.5) is 5.69 Å². The summed E-state index contributed by atoms with van der Waals surface area (Å²) in [7, 11) is 0. The minimum absolute atomic E-state index is 0.00472. The van der Waals surface area contributed by atoms with Crippen molar-refractivity contribution in [1.82, 2.24) is 4.98 Å². The summed E-state index contributed by atoms with van der Waals surface area (Å²) >= 11 is 5.83. The van der Waals surface area contributed by atoms with Crippen molar-refractivity contribution in [3.63, 3.8) is 0 Å². The lowest BCUT2D eigenvalue weighted by atomic mass is 10.1. The minimum Gasteiger partial charge on any atom is -0.447 e.